The summed E-state index contributed by atoms with van der Waals surface area (Å²) in [6, 6.07) is 5.23. The van der Waals surface area contributed by atoms with Crippen LogP contribution in [0, 0.1) is 11.8 Å². The van der Waals surface area contributed by atoms with Crippen LogP contribution in [-0.2, 0) is 6.54 Å². The predicted octanol–water partition coefficient (Wildman–Crippen LogP) is 4.67. The number of amides is 1. The van der Waals surface area contributed by atoms with Crippen LogP contribution in [0.4, 0.5) is 5.13 Å². The lowest BCUT2D eigenvalue weighted by atomic mass is 9.99. The van der Waals surface area contributed by atoms with E-state index in [4.69, 9.17) is 9.47 Å². The summed E-state index contributed by atoms with van der Waals surface area (Å²) in [7, 11) is 1.58. The van der Waals surface area contributed by atoms with Crippen molar-refractivity contribution in [3.63, 3.8) is 0 Å². The third-order valence-electron chi connectivity index (χ3n) is 5.03. The molecule has 0 unspecified atom stereocenters. The first kappa shape index (κ1) is 21.6. The highest BCUT2D eigenvalue weighted by Crippen LogP contribution is 2.29. The molecule has 1 saturated heterocycles. The molecule has 1 aromatic heterocycles. The van der Waals surface area contributed by atoms with Crippen LogP contribution in [0.5, 0.6) is 11.5 Å². The molecule has 3 rings (SSSR count). The quantitative estimate of drug-likeness (QED) is 0.676. The largest absolute Gasteiger partial charge is 0.493 e. The Balaban J connectivity index is 1.59. The van der Waals surface area contributed by atoms with Crippen LogP contribution in [-0.4, -0.2) is 42.6 Å². The molecule has 2 heterocycles. The summed E-state index contributed by atoms with van der Waals surface area (Å²) in [6.45, 7) is 10.2. The number of rotatable bonds is 8. The zero-order valence-corrected chi connectivity index (χ0v) is 18.6. The van der Waals surface area contributed by atoms with Crippen molar-refractivity contribution in [1.82, 2.24) is 9.88 Å². The second kappa shape index (κ2) is 10.1. The van der Waals surface area contributed by atoms with Gasteiger partial charge in [0.25, 0.3) is 5.91 Å². The standard InChI is InChI=1S/C22H31N3O3S/c1-15(2)13-28-19-6-5-17(11-20(19)27-4)21(26)24-22-23-18(14-29-22)12-25-9-7-16(3)8-10-25/h5-6,11,14-16H,7-10,12-13H2,1-4H3,(H,23,24,26). The van der Waals surface area contributed by atoms with Gasteiger partial charge in [-0.3, -0.25) is 15.0 Å². The number of nitrogens with one attached hydrogen (secondary N) is 1. The third kappa shape index (κ3) is 6.18. The summed E-state index contributed by atoms with van der Waals surface area (Å²) in [5.74, 6) is 2.22. The molecule has 1 amide bonds. The predicted molar refractivity (Wildman–Crippen MR) is 117 cm³/mol. The van der Waals surface area contributed by atoms with Gasteiger partial charge >= 0.3 is 0 Å². The lowest BCUT2D eigenvalue weighted by Gasteiger charge is -2.29. The Morgan fingerprint density at radius 1 is 1.31 bits per heavy atom. The molecule has 1 aromatic carbocycles. The van der Waals surface area contributed by atoms with Crippen LogP contribution in [0.1, 0.15) is 49.7 Å². The summed E-state index contributed by atoms with van der Waals surface area (Å²) < 4.78 is 11.1. The Bertz CT molecular complexity index is 813. The van der Waals surface area contributed by atoms with Crippen molar-refractivity contribution in [3.05, 3.63) is 34.8 Å². The van der Waals surface area contributed by atoms with Gasteiger partial charge in [-0.25, -0.2) is 4.98 Å². The number of ether oxygens (including phenoxy) is 2. The van der Waals surface area contributed by atoms with E-state index in [9.17, 15) is 4.79 Å². The van der Waals surface area contributed by atoms with Gasteiger partial charge in [0.15, 0.2) is 16.6 Å². The second-order valence-electron chi connectivity index (χ2n) is 8.13. The molecule has 0 bridgehead atoms. The van der Waals surface area contributed by atoms with Gasteiger partial charge in [-0.2, -0.15) is 0 Å². The van der Waals surface area contributed by atoms with Gasteiger partial charge in [0, 0.05) is 17.5 Å². The van der Waals surface area contributed by atoms with Gasteiger partial charge in [-0.1, -0.05) is 20.8 Å². The summed E-state index contributed by atoms with van der Waals surface area (Å²) >= 11 is 1.46. The molecule has 1 N–H and O–H groups in total. The van der Waals surface area contributed by atoms with E-state index in [-0.39, 0.29) is 5.91 Å². The Morgan fingerprint density at radius 3 is 2.76 bits per heavy atom. The number of thiazole rings is 1. The first-order valence-corrected chi connectivity index (χ1v) is 11.1. The Labute approximate surface area is 177 Å². The first-order chi connectivity index (χ1) is 13.9. The van der Waals surface area contributed by atoms with Gasteiger partial charge in [-0.15, -0.1) is 11.3 Å². The molecule has 0 spiro atoms. The molecule has 2 aromatic rings. The van der Waals surface area contributed by atoms with Crippen LogP contribution in [0.3, 0.4) is 0 Å². The highest BCUT2D eigenvalue weighted by Gasteiger charge is 2.18. The van der Waals surface area contributed by atoms with Crippen LogP contribution >= 0.6 is 11.3 Å². The number of methoxy groups -OCH3 is 1. The molecule has 1 aliphatic heterocycles. The fourth-order valence-corrected chi connectivity index (χ4v) is 3.94. The van der Waals surface area contributed by atoms with E-state index in [0.717, 1.165) is 31.2 Å². The normalized spacial score (nSPS) is 15.5. The number of aromatic nitrogens is 1. The number of likely N-dealkylation sites (tertiary alicyclic amines) is 1. The number of piperidine rings is 1. The molecule has 158 valence electrons. The fourth-order valence-electron chi connectivity index (χ4n) is 3.24. The lowest BCUT2D eigenvalue weighted by Crippen LogP contribution is -2.32. The van der Waals surface area contributed by atoms with Crippen molar-refractivity contribution >= 4 is 22.4 Å². The first-order valence-electron chi connectivity index (χ1n) is 10.2. The minimum absolute atomic E-state index is 0.202. The molecule has 1 aliphatic rings. The second-order valence-corrected chi connectivity index (χ2v) is 8.99. The number of carbonyl (C=O) groups is 1. The third-order valence-corrected chi connectivity index (χ3v) is 5.84. The maximum atomic E-state index is 12.6. The zero-order chi connectivity index (χ0) is 20.8. The molecule has 1 fully saturated rings. The minimum Gasteiger partial charge on any atom is -0.493 e. The van der Waals surface area contributed by atoms with E-state index in [2.05, 4.69) is 36.0 Å². The van der Waals surface area contributed by atoms with E-state index >= 15 is 0 Å². The van der Waals surface area contributed by atoms with Gasteiger partial charge in [-0.05, 0) is 56.0 Å². The molecule has 6 nitrogen and oxygen atoms in total. The smallest absolute Gasteiger partial charge is 0.257 e. The summed E-state index contributed by atoms with van der Waals surface area (Å²) in [5, 5.41) is 5.54. The molecule has 0 radical (unpaired) electrons. The molecule has 29 heavy (non-hydrogen) atoms. The van der Waals surface area contributed by atoms with Crippen molar-refractivity contribution in [3.8, 4) is 11.5 Å². The average molecular weight is 418 g/mol. The number of nitrogens with zero attached hydrogens (tertiary/aromatic N) is 2. The Hall–Kier alpha value is -2.12. The van der Waals surface area contributed by atoms with E-state index in [1.165, 1.54) is 24.2 Å². The molecule has 0 saturated carbocycles. The van der Waals surface area contributed by atoms with Crippen molar-refractivity contribution in [2.75, 3.05) is 32.1 Å². The molecular weight excluding hydrogens is 386 g/mol. The number of hydrogen-bond acceptors (Lipinski definition) is 6. The average Bonchev–Trinajstić information content (AvgIpc) is 3.14. The van der Waals surface area contributed by atoms with Crippen molar-refractivity contribution in [2.45, 2.75) is 40.2 Å². The van der Waals surface area contributed by atoms with Crippen LogP contribution < -0.4 is 14.8 Å². The summed E-state index contributed by atoms with van der Waals surface area (Å²) in [5.41, 5.74) is 1.52. The van der Waals surface area contributed by atoms with Gasteiger partial charge in [0.1, 0.15) is 0 Å². The maximum absolute atomic E-state index is 12.6. The summed E-state index contributed by atoms with van der Waals surface area (Å²) in [6.07, 6.45) is 2.49. The van der Waals surface area contributed by atoms with Crippen molar-refractivity contribution < 1.29 is 14.3 Å². The highest BCUT2D eigenvalue weighted by molar-refractivity contribution is 7.13. The Kier molecular flexibility index (Phi) is 7.50. The summed E-state index contributed by atoms with van der Waals surface area (Å²) in [4.78, 5) is 19.7. The van der Waals surface area contributed by atoms with Crippen LogP contribution in [0.2, 0.25) is 0 Å². The number of benzene rings is 1. The van der Waals surface area contributed by atoms with E-state index in [0.29, 0.717) is 34.7 Å². The SMILES string of the molecule is COc1cc(C(=O)Nc2nc(CN3CCC(C)CC3)cs2)ccc1OCC(C)C. The van der Waals surface area contributed by atoms with Crippen LogP contribution in [0.15, 0.2) is 23.6 Å². The van der Waals surface area contributed by atoms with Crippen LogP contribution in [0.25, 0.3) is 0 Å². The molecule has 7 heteroatoms. The molecular formula is C22H31N3O3S. The number of anilines is 1. The van der Waals surface area contributed by atoms with E-state index < -0.39 is 0 Å². The monoisotopic (exact) mass is 417 g/mol. The van der Waals surface area contributed by atoms with Crippen molar-refractivity contribution in [2.24, 2.45) is 11.8 Å². The highest BCUT2D eigenvalue weighted by atomic mass is 32.1. The Morgan fingerprint density at radius 2 is 2.07 bits per heavy atom. The molecule has 0 atom stereocenters. The van der Waals surface area contributed by atoms with Gasteiger partial charge in [0.05, 0.1) is 19.4 Å². The fraction of sp³-hybridized carbons (Fsp3) is 0.545. The maximum Gasteiger partial charge on any atom is 0.257 e. The topological polar surface area (TPSA) is 63.7 Å². The van der Waals surface area contributed by atoms with Gasteiger partial charge < -0.3 is 9.47 Å². The van der Waals surface area contributed by atoms with E-state index in [1.54, 1.807) is 25.3 Å². The number of carbonyl (C=O) groups excluding carboxylic acids is 1. The lowest BCUT2D eigenvalue weighted by molar-refractivity contribution is 0.102. The molecule has 0 aliphatic carbocycles. The van der Waals surface area contributed by atoms with Gasteiger partial charge in [0.2, 0.25) is 0 Å². The van der Waals surface area contributed by atoms with E-state index in [1.807, 2.05) is 5.38 Å². The number of hydrogen-bond donors (Lipinski definition) is 1. The zero-order valence-electron chi connectivity index (χ0n) is 17.7. The minimum atomic E-state index is -0.202. The van der Waals surface area contributed by atoms with Crippen molar-refractivity contribution in [1.29, 1.82) is 0 Å².